The summed E-state index contributed by atoms with van der Waals surface area (Å²) in [6, 6.07) is 0. The van der Waals surface area contributed by atoms with E-state index >= 15 is 0 Å². The van der Waals surface area contributed by atoms with Crippen molar-refractivity contribution in [3.8, 4) is 0 Å². The molecule has 0 amide bonds. The molecule has 6 aliphatic rings. The summed E-state index contributed by atoms with van der Waals surface area (Å²) in [5.41, 5.74) is 1.50. The van der Waals surface area contributed by atoms with Crippen molar-refractivity contribution in [2.45, 2.75) is 130 Å². The van der Waals surface area contributed by atoms with Gasteiger partial charge in [-0.2, -0.15) is 0 Å². The fourth-order valence-electron chi connectivity index (χ4n) is 12.4. The predicted molar refractivity (Wildman–Crippen MR) is 149 cm³/mol. The molecule has 200 valence electrons. The van der Waals surface area contributed by atoms with Crippen molar-refractivity contribution in [1.29, 1.82) is 0 Å². The van der Waals surface area contributed by atoms with E-state index in [1.165, 1.54) is 70.9 Å². The van der Waals surface area contributed by atoms with Crippen LogP contribution in [0.1, 0.15) is 130 Å². The lowest BCUT2D eigenvalue weighted by atomic mass is 9.44. The van der Waals surface area contributed by atoms with Crippen molar-refractivity contribution in [1.82, 2.24) is 5.32 Å². The molecule has 0 aromatic heterocycles. The molecule has 6 rings (SSSR count). The first-order valence-corrected chi connectivity index (χ1v) is 16.7. The molecule has 1 N–H and O–H groups in total. The molecule has 6 aliphatic carbocycles. The molecule has 6 fully saturated rings. The summed E-state index contributed by atoms with van der Waals surface area (Å²) in [7, 11) is 0. The van der Waals surface area contributed by atoms with Gasteiger partial charge in [-0.25, -0.2) is 0 Å². The molecule has 1 nitrogen and oxygen atoms in total. The van der Waals surface area contributed by atoms with Crippen molar-refractivity contribution in [3.05, 3.63) is 0 Å². The zero-order chi connectivity index (χ0) is 24.2. The monoisotopic (exact) mass is 481 g/mol. The van der Waals surface area contributed by atoms with Crippen LogP contribution in [-0.4, -0.2) is 13.1 Å². The molecule has 0 heterocycles. The van der Waals surface area contributed by atoms with Crippen molar-refractivity contribution in [2.75, 3.05) is 13.1 Å². The number of rotatable bonds is 8. The van der Waals surface area contributed by atoms with Crippen LogP contribution in [0.15, 0.2) is 0 Å². The number of fused-ring (bicyclic) bond motifs is 4. The summed E-state index contributed by atoms with van der Waals surface area (Å²) in [5.74, 6) is 10.4. The number of hydrogen-bond acceptors (Lipinski definition) is 1. The Balaban J connectivity index is 1.04. The fraction of sp³-hybridized carbons (Fsp3) is 1.00. The van der Waals surface area contributed by atoms with Gasteiger partial charge in [0, 0.05) is 0 Å². The van der Waals surface area contributed by atoms with Crippen LogP contribution in [0.4, 0.5) is 0 Å². The van der Waals surface area contributed by atoms with Crippen LogP contribution in [0.25, 0.3) is 0 Å². The van der Waals surface area contributed by atoms with Gasteiger partial charge in [-0.15, -0.1) is 0 Å². The van der Waals surface area contributed by atoms with Crippen molar-refractivity contribution in [3.63, 3.8) is 0 Å². The molecule has 12 atom stereocenters. The molecule has 0 radical (unpaired) electrons. The predicted octanol–water partition coefficient (Wildman–Crippen LogP) is 9.11. The average molecular weight is 482 g/mol. The summed E-state index contributed by atoms with van der Waals surface area (Å²) in [6.07, 6.45) is 24.4. The molecule has 0 aromatic rings. The molecule has 0 aromatic carbocycles. The van der Waals surface area contributed by atoms with Crippen LogP contribution in [0, 0.1) is 70.0 Å². The molecule has 1 spiro atoms. The van der Waals surface area contributed by atoms with Gasteiger partial charge in [0.05, 0.1) is 0 Å². The third-order valence-electron chi connectivity index (χ3n) is 14.2. The maximum atomic E-state index is 3.92. The maximum absolute atomic E-state index is 3.92. The van der Waals surface area contributed by atoms with Crippen LogP contribution in [-0.2, 0) is 0 Å². The molecular formula is C34H59N. The second kappa shape index (κ2) is 9.93. The van der Waals surface area contributed by atoms with E-state index in [-0.39, 0.29) is 0 Å². The Morgan fingerprint density at radius 2 is 1.66 bits per heavy atom. The summed E-state index contributed by atoms with van der Waals surface area (Å²) in [4.78, 5) is 0. The first kappa shape index (κ1) is 25.2. The second-order valence-electron chi connectivity index (χ2n) is 15.4. The first-order chi connectivity index (χ1) is 17.0. The van der Waals surface area contributed by atoms with E-state index in [1.54, 1.807) is 44.9 Å². The Morgan fingerprint density at radius 1 is 0.857 bits per heavy atom. The normalized spacial score (nSPS) is 51.6. The number of hydrogen-bond donors (Lipinski definition) is 1. The third kappa shape index (κ3) is 4.19. The van der Waals surface area contributed by atoms with Crippen LogP contribution in [0.3, 0.4) is 0 Å². The Labute approximate surface area is 218 Å². The van der Waals surface area contributed by atoms with Gasteiger partial charge in [0.25, 0.3) is 0 Å². The van der Waals surface area contributed by atoms with E-state index in [4.69, 9.17) is 0 Å². The Kier molecular flexibility index (Phi) is 7.16. The van der Waals surface area contributed by atoms with E-state index in [0.29, 0.717) is 5.41 Å². The highest BCUT2D eigenvalue weighted by Crippen LogP contribution is 2.80. The zero-order valence-electron chi connectivity index (χ0n) is 24.0. The minimum atomic E-state index is 0.701. The molecule has 1 heteroatoms. The Hall–Kier alpha value is -0.0400. The van der Waals surface area contributed by atoms with Crippen molar-refractivity contribution >= 4 is 0 Å². The standard InChI is InChI=1S/C34H59N/c1-5-25-10-6-7-11-26(25)16-19-35-18-15-23(2)29-13-14-30-32-24(3)20-27-12-8-9-17-33(27,4)31(32)21-28-22-34(28,29)30/h23-32,35H,5-22H2,1-4H3. The highest BCUT2D eigenvalue weighted by Gasteiger charge is 2.73. The average Bonchev–Trinajstić information content (AvgIpc) is 3.47. The van der Waals surface area contributed by atoms with E-state index in [9.17, 15) is 0 Å². The third-order valence-corrected chi connectivity index (χ3v) is 14.2. The molecule has 6 saturated carbocycles. The van der Waals surface area contributed by atoms with Crippen LogP contribution >= 0.6 is 0 Å². The van der Waals surface area contributed by atoms with Crippen LogP contribution < -0.4 is 5.32 Å². The minimum absolute atomic E-state index is 0.701. The Morgan fingerprint density at radius 3 is 2.49 bits per heavy atom. The Bertz CT molecular complexity index is 730. The number of nitrogens with one attached hydrogen (secondary N) is 1. The lowest BCUT2D eigenvalue weighted by Crippen LogP contribution is -2.53. The van der Waals surface area contributed by atoms with Crippen molar-refractivity contribution < 1.29 is 0 Å². The second-order valence-corrected chi connectivity index (χ2v) is 15.4. The summed E-state index contributed by atoms with van der Waals surface area (Å²) < 4.78 is 0. The molecule has 0 bridgehead atoms. The molecule has 12 unspecified atom stereocenters. The lowest BCUT2D eigenvalue weighted by molar-refractivity contribution is -0.117. The maximum Gasteiger partial charge on any atom is -0.00462 e. The van der Waals surface area contributed by atoms with Gasteiger partial charge in [-0.1, -0.05) is 72.6 Å². The lowest BCUT2D eigenvalue weighted by Gasteiger charge is -2.60. The molecule has 35 heavy (non-hydrogen) atoms. The van der Waals surface area contributed by atoms with Crippen LogP contribution in [0.2, 0.25) is 0 Å². The smallest absolute Gasteiger partial charge is 0.00462 e. The SMILES string of the molecule is CCC1CCCCC1CCNCCC(C)C1CCC2C3C(C)CC4CCCCC4(C)C3CC3CC312. The van der Waals surface area contributed by atoms with Gasteiger partial charge < -0.3 is 5.32 Å². The van der Waals surface area contributed by atoms with Crippen LogP contribution in [0.5, 0.6) is 0 Å². The summed E-state index contributed by atoms with van der Waals surface area (Å²) in [6.45, 7) is 13.1. The van der Waals surface area contributed by atoms with E-state index < -0.39 is 0 Å². The topological polar surface area (TPSA) is 12.0 Å². The molecule has 0 aliphatic heterocycles. The molecular weight excluding hydrogens is 422 g/mol. The first-order valence-electron chi connectivity index (χ1n) is 16.7. The van der Waals surface area contributed by atoms with E-state index in [2.05, 4.69) is 33.0 Å². The fourth-order valence-corrected chi connectivity index (χ4v) is 12.4. The van der Waals surface area contributed by atoms with E-state index in [1.807, 2.05) is 0 Å². The zero-order valence-corrected chi connectivity index (χ0v) is 24.0. The van der Waals surface area contributed by atoms with Crippen molar-refractivity contribution in [2.24, 2.45) is 70.0 Å². The largest absolute Gasteiger partial charge is 0.317 e. The van der Waals surface area contributed by atoms with Gasteiger partial charge in [-0.05, 0) is 141 Å². The van der Waals surface area contributed by atoms with Gasteiger partial charge >= 0.3 is 0 Å². The summed E-state index contributed by atoms with van der Waals surface area (Å²) in [5, 5.41) is 3.92. The summed E-state index contributed by atoms with van der Waals surface area (Å²) >= 11 is 0. The molecule has 0 saturated heterocycles. The highest BCUT2D eigenvalue weighted by atomic mass is 14.9. The van der Waals surface area contributed by atoms with Gasteiger partial charge in [0.2, 0.25) is 0 Å². The quantitative estimate of drug-likeness (QED) is 0.341. The van der Waals surface area contributed by atoms with E-state index in [0.717, 1.165) is 64.6 Å². The van der Waals surface area contributed by atoms with Gasteiger partial charge in [-0.3, -0.25) is 0 Å². The minimum Gasteiger partial charge on any atom is -0.317 e. The van der Waals surface area contributed by atoms with Gasteiger partial charge in [0.15, 0.2) is 0 Å². The highest BCUT2D eigenvalue weighted by molar-refractivity contribution is 5.21. The van der Waals surface area contributed by atoms with Gasteiger partial charge in [0.1, 0.15) is 0 Å².